The van der Waals surface area contributed by atoms with Crippen LogP contribution in [0.15, 0.2) is 72.8 Å². The highest BCUT2D eigenvalue weighted by molar-refractivity contribution is 6.02. The number of hydrogen-bond acceptors (Lipinski definition) is 6. The third-order valence-corrected chi connectivity index (χ3v) is 5.74. The fourth-order valence-corrected chi connectivity index (χ4v) is 4.23. The number of anilines is 1. The lowest BCUT2D eigenvalue weighted by molar-refractivity contribution is -0.128. The molecule has 9 nitrogen and oxygen atoms in total. The molecule has 1 atom stereocenters. The van der Waals surface area contributed by atoms with Crippen LogP contribution in [0, 0.1) is 0 Å². The second kappa shape index (κ2) is 10.7. The molecule has 192 valence electrons. The van der Waals surface area contributed by atoms with Crippen molar-refractivity contribution in [3.05, 3.63) is 78.4 Å². The SMILES string of the molecule is COc1cccc([C@@H](C(=O)NC(C)(C)C)N(C(=O)Cn2nnc3ccccc32)c2ccccc2)c1OC. The Kier molecular flexibility index (Phi) is 7.42. The van der Waals surface area contributed by atoms with E-state index in [0.717, 1.165) is 5.52 Å². The Balaban J connectivity index is 1.87. The van der Waals surface area contributed by atoms with Crippen LogP contribution in [0.1, 0.15) is 32.4 Å². The van der Waals surface area contributed by atoms with Crippen molar-refractivity contribution in [2.45, 2.75) is 38.9 Å². The number of carbonyl (C=O) groups excluding carboxylic acids is 2. The minimum Gasteiger partial charge on any atom is -0.493 e. The number of aromatic nitrogens is 3. The van der Waals surface area contributed by atoms with Crippen LogP contribution in [0.25, 0.3) is 11.0 Å². The van der Waals surface area contributed by atoms with E-state index in [4.69, 9.17) is 9.47 Å². The average molecular weight is 502 g/mol. The zero-order valence-electron chi connectivity index (χ0n) is 21.6. The van der Waals surface area contributed by atoms with E-state index in [1.165, 1.54) is 23.8 Å². The van der Waals surface area contributed by atoms with E-state index in [2.05, 4.69) is 15.6 Å². The number of ether oxygens (including phenoxy) is 2. The summed E-state index contributed by atoms with van der Waals surface area (Å²) in [5.41, 5.74) is 1.89. The number of nitrogens with one attached hydrogen (secondary N) is 1. The molecule has 3 aromatic carbocycles. The summed E-state index contributed by atoms with van der Waals surface area (Å²) in [7, 11) is 3.04. The van der Waals surface area contributed by atoms with E-state index in [-0.39, 0.29) is 18.4 Å². The van der Waals surface area contributed by atoms with Crippen LogP contribution in [-0.2, 0) is 16.1 Å². The minimum absolute atomic E-state index is 0.124. The van der Waals surface area contributed by atoms with Crippen molar-refractivity contribution in [3.63, 3.8) is 0 Å². The molecular weight excluding hydrogens is 470 g/mol. The Bertz CT molecular complexity index is 1390. The highest BCUT2D eigenvalue weighted by Crippen LogP contribution is 2.39. The first-order valence-electron chi connectivity index (χ1n) is 11.9. The summed E-state index contributed by atoms with van der Waals surface area (Å²) in [5.74, 6) is 0.121. The second-order valence-corrected chi connectivity index (χ2v) is 9.56. The smallest absolute Gasteiger partial charge is 0.249 e. The van der Waals surface area contributed by atoms with Gasteiger partial charge in [0.05, 0.1) is 19.7 Å². The van der Waals surface area contributed by atoms with Crippen LogP contribution >= 0.6 is 0 Å². The van der Waals surface area contributed by atoms with Gasteiger partial charge in [0.2, 0.25) is 11.8 Å². The molecule has 0 bridgehead atoms. The molecule has 1 N–H and O–H groups in total. The first-order chi connectivity index (χ1) is 17.7. The maximum atomic E-state index is 14.1. The Morgan fingerprint density at radius 3 is 2.32 bits per heavy atom. The fourth-order valence-electron chi connectivity index (χ4n) is 4.23. The van der Waals surface area contributed by atoms with E-state index in [9.17, 15) is 9.59 Å². The molecule has 0 saturated carbocycles. The van der Waals surface area contributed by atoms with Gasteiger partial charge in [0, 0.05) is 16.8 Å². The average Bonchev–Trinajstić information content (AvgIpc) is 3.28. The highest BCUT2D eigenvalue weighted by atomic mass is 16.5. The Hall–Kier alpha value is -4.40. The van der Waals surface area contributed by atoms with E-state index < -0.39 is 11.6 Å². The molecule has 1 aromatic heterocycles. The molecular formula is C28H31N5O4. The number of nitrogens with zero attached hydrogens (tertiary/aromatic N) is 4. The summed E-state index contributed by atoms with van der Waals surface area (Å²) in [4.78, 5) is 29.5. The van der Waals surface area contributed by atoms with Crippen LogP contribution in [0.2, 0.25) is 0 Å². The van der Waals surface area contributed by atoms with E-state index >= 15 is 0 Å². The lowest BCUT2D eigenvalue weighted by Crippen LogP contribution is -2.50. The van der Waals surface area contributed by atoms with Crippen LogP contribution in [0.5, 0.6) is 11.5 Å². The van der Waals surface area contributed by atoms with Gasteiger partial charge in [0.1, 0.15) is 18.1 Å². The summed E-state index contributed by atoms with van der Waals surface area (Å²) in [6, 6.07) is 20.7. The topological polar surface area (TPSA) is 98.6 Å². The molecule has 4 rings (SSSR count). The molecule has 0 radical (unpaired) electrons. The number of fused-ring (bicyclic) bond motifs is 1. The maximum Gasteiger partial charge on any atom is 0.249 e. The van der Waals surface area contributed by atoms with Gasteiger partial charge in [0.15, 0.2) is 11.5 Å². The predicted octanol–water partition coefficient (Wildman–Crippen LogP) is 4.14. The Morgan fingerprint density at radius 1 is 0.946 bits per heavy atom. The maximum absolute atomic E-state index is 14.1. The van der Waals surface area contributed by atoms with Gasteiger partial charge in [-0.05, 0) is 51.1 Å². The van der Waals surface area contributed by atoms with E-state index in [1.807, 2.05) is 63.2 Å². The lowest BCUT2D eigenvalue weighted by atomic mass is 9.99. The molecule has 2 amide bonds. The molecule has 0 fully saturated rings. The summed E-state index contributed by atoms with van der Waals surface area (Å²) in [6.07, 6.45) is 0. The largest absolute Gasteiger partial charge is 0.493 e. The minimum atomic E-state index is -1.06. The highest BCUT2D eigenvalue weighted by Gasteiger charge is 2.37. The Morgan fingerprint density at radius 2 is 1.65 bits per heavy atom. The third-order valence-electron chi connectivity index (χ3n) is 5.74. The molecule has 0 aliphatic rings. The number of amides is 2. The van der Waals surface area contributed by atoms with Crippen molar-refractivity contribution in [2.75, 3.05) is 19.1 Å². The second-order valence-electron chi connectivity index (χ2n) is 9.56. The van der Waals surface area contributed by atoms with Crippen LogP contribution in [-0.4, -0.2) is 46.6 Å². The van der Waals surface area contributed by atoms with Crippen molar-refractivity contribution in [1.82, 2.24) is 20.3 Å². The molecule has 37 heavy (non-hydrogen) atoms. The first kappa shape index (κ1) is 25.7. The van der Waals surface area contributed by atoms with Gasteiger partial charge in [-0.25, -0.2) is 4.68 Å². The lowest BCUT2D eigenvalue weighted by Gasteiger charge is -2.34. The van der Waals surface area contributed by atoms with Gasteiger partial charge < -0.3 is 14.8 Å². The molecule has 0 aliphatic heterocycles. The molecule has 0 aliphatic carbocycles. The molecule has 0 spiro atoms. The van der Waals surface area contributed by atoms with E-state index in [0.29, 0.717) is 28.3 Å². The van der Waals surface area contributed by atoms with E-state index in [1.54, 1.807) is 30.3 Å². The van der Waals surface area contributed by atoms with Crippen LogP contribution in [0.4, 0.5) is 5.69 Å². The zero-order valence-corrected chi connectivity index (χ0v) is 21.6. The quantitative estimate of drug-likeness (QED) is 0.390. The number of methoxy groups -OCH3 is 2. The number of para-hydroxylation sites is 3. The number of carbonyl (C=O) groups is 2. The van der Waals surface area contributed by atoms with Crippen molar-refractivity contribution in [3.8, 4) is 11.5 Å². The van der Waals surface area contributed by atoms with Crippen LogP contribution < -0.4 is 19.7 Å². The third kappa shape index (κ3) is 5.55. The fraction of sp³-hybridized carbons (Fsp3) is 0.286. The summed E-state index contributed by atoms with van der Waals surface area (Å²) < 4.78 is 12.7. The molecule has 1 heterocycles. The van der Waals surface area contributed by atoms with Gasteiger partial charge in [-0.15, -0.1) is 5.10 Å². The van der Waals surface area contributed by atoms with Crippen molar-refractivity contribution in [2.24, 2.45) is 0 Å². The Labute approximate surface area is 216 Å². The van der Waals surface area contributed by atoms with Gasteiger partial charge in [0.25, 0.3) is 0 Å². The number of hydrogen-bond donors (Lipinski definition) is 1. The molecule has 4 aromatic rings. The first-order valence-corrected chi connectivity index (χ1v) is 11.9. The van der Waals surface area contributed by atoms with Crippen molar-refractivity contribution in [1.29, 1.82) is 0 Å². The summed E-state index contributed by atoms with van der Waals surface area (Å²) in [6.45, 7) is 5.55. The molecule has 0 unspecified atom stereocenters. The molecule has 0 saturated heterocycles. The van der Waals surface area contributed by atoms with Gasteiger partial charge in [-0.2, -0.15) is 0 Å². The zero-order chi connectivity index (χ0) is 26.6. The molecule has 9 heteroatoms. The van der Waals surface area contributed by atoms with Crippen molar-refractivity contribution >= 4 is 28.5 Å². The van der Waals surface area contributed by atoms with Gasteiger partial charge >= 0.3 is 0 Å². The number of rotatable bonds is 8. The van der Waals surface area contributed by atoms with Crippen molar-refractivity contribution < 1.29 is 19.1 Å². The standard InChI is InChI=1S/C28H31N5O4/c1-28(2,3)29-27(35)25(20-14-11-17-23(36-4)26(20)37-5)33(19-12-7-6-8-13-19)24(34)18-32-22-16-10-9-15-21(22)30-31-32/h6-17,25H,18H2,1-5H3,(H,29,35)/t25-/m0/s1. The predicted molar refractivity (Wildman–Crippen MR) is 142 cm³/mol. The monoisotopic (exact) mass is 501 g/mol. The normalized spacial score (nSPS) is 12.1. The summed E-state index contributed by atoms with van der Waals surface area (Å²) >= 11 is 0. The number of benzene rings is 3. The van der Waals surface area contributed by atoms with Gasteiger partial charge in [-0.1, -0.05) is 47.7 Å². The van der Waals surface area contributed by atoms with Gasteiger partial charge in [-0.3, -0.25) is 14.5 Å². The summed E-state index contributed by atoms with van der Waals surface area (Å²) in [5, 5.41) is 11.4. The van der Waals surface area contributed by atoms with Crippen LogP contribution in [0.3, 0.4) is 0 Å².